The summed E-state index contributed by atoms with van der Waals surface area (Å²) in [6.45, 7) is 2.52. The molecule has 0 heterocycles. The average Bonchev–Trinajstić information content (AvgIpc) is 2.24. The van der Waals surface area contributed by atoms with Crippen LogP contribution in [0.2, 0.25) is 0 Å². The van der Waals surface area contributed by atoms with Gasteiger partial charge in [-0.25, -0.2) is 0 Å². The zero-order valence-corrected chi connectivity index (χ0v) is 9.18. The van der Waals surface area contributed by atoms with Gasteiger partial charge in [-0.05, 0) is 24.6 Å². The molecule has 0 aliphatic carbocycles. The normalized spacial score (nSPS) is 9.50. The third kappa shape index (κ3) is 3.62. The number of hydrogen-bond acceptors (Lipinski definition) is 3. The van der Waals surface area contributed by atoms with Crippen LogP contribution >= 0.6 is 0 Å². The quantitative estimate of drug-likeness (QED) is 0.765. The predicted molar refractivity (Wildman–Crippen MR) is 61.3 cm³/mol. The van der Waals surface area contributed by atoms with Crippen molar-refractivity contribution in [1.82, 2.24) is 0 Å². The van der Waals surface area contributed by atoms with Crippen LogP contribution in [-0.2, 0) is 4.79 Å². The van der Waals surface area contributed by atoms with E-state index in [0.29, 0.717) is 6.54 Å². The van der Waals surface area contributed by atoms with Crippen molar-refractivity contribution in [3.8, 4) is 6.07 Å². The number of nitriles is 1. The van der Waals surface area contributed by atoms with E-state index in [1.54, 1.807) is 4.90 Å². The Hall–Kier alpha value is -2.02. The summed E-state index contributed by atoms with van der Waals surface area (Å²) >= 11 is 0. The second-order valence-corrected chi connectivity index (χ2v) is 3.56. The molecule has 1 aromatic rings. The van der Waals surface area contributed by atoms with Crippen LogP contribution in [0.3, 0.4) is 0 Å². The van der Waals surface area contributed by atoms with Gasteiger partial charge in [0.2, 0.25) is 0 Å². The number of rotatable bonds is 5. The summed E-state index contributed by atoms with van der Waals surface area (Å²) in [6, 6.07) is 9.73. The maximum Gasteiger partial charge on any atom is 0.305 e. The average molecular weight is 218 g/mol. The fraction of sp³-hybridized carbons (Fsp3) is 0.333. The molecule has 0 fully saturated rings. The van der Waals surface area contributed by atoms with Gasteiger partial charge < -0.3 is 10.0 Å². The maximum atomic E-state index is 10.5. The zero-order valence-electron chi connectivity index (χ0n) is 9.18. The number of hydrogen-bond donors (Lipinski definition) is 1. The van der Waals surface area contributed by atoms with Crippen molar-refractivity contribution in [2.45, 2.75) is 13.3 Å². The van der Waals surface area contributed by atoms with Gasteiger partial charge in [0.15, 0.2) is 0 Å². The summed E-state index contributed by atoms with van der Waals surface area (Å²) in [5, 5.41) is 17.3. The summed E-state index contributed by atoms with van der Waals surface area (Å²) < 4.78 is 0. The molecule has 0 bridgehead atoms. The summed E-state index contributed by atoms with van der Waals surface area (Å²) in [4.78, 5) is 12.3. The van der Waals surface area contributed by atoms with E-state index in [1.165, 1.54) is 0 Å². The van der Waals surface area contributed by atoms with Gasteiger partial charge in [-0.3, -0.25) is 4.79 Å². The number of anilines is 1. The van der Waals surface area contributed by atoms with Gasteiger partial charge in [0.1, 0.15) is 6.54 Å². The van der Waals surface area contributed by atoms with E-state index >= 15 is 0 Å². The van der Waals surface area contributed by atoms with Crippen molar-refractivity contribution < 1.29 is 9.90 Å². The van der Waals surface area contributed by atoms with E-state index in [1.807, 2.05) is 37.3 Å². The molecule has 0 spiro atoms. The number of aryl methyl sites for hydroxylation is 1. The van der Waals surface area contributed by atoms with Gasteiger partial charge >= 0.3 is 5.97 Å². The first-order chi connectivity index (χ1) is 7.63. The van der Waals surface area contributed by atoms with Gasteiger partial charge in [0.25, 0.3) is 0 Å². The molecule has 0 saturated heterocycles. The fourth-order valence-corrected chi connectivity index (χ4v) is 1.44. The number of carbonyl (C=O) groups is 1. The monoisotopic (exact) mass is 218 g/mol. The molecule has 84 valence electrons. The van der Waals surface area contributed by atoms with Crippen LogP contribution in [0, 0.1) is 18.3 Å². The second-order valence-electron chi connectivity index (χ2n) is 3.56. The first kappa shape index (κ1) is 12.1. The van der Waals surface area contributed by atoms with E-state index in [-0.39, 0.29) is 13.0 Å². The van der Waals surface area contributed by atoms with E-state index in [4.69, 9.17) is 10.4 Å². The molecular weight excluding hydrogens is 204 g/mol. The van der Waals surface area contributed by atoms with E-state index in [0.717, 1.165) is 11.3 Å². The fourth-order valence-electron chi connectivity index (χ4n) is 1.44. The molecule has 0 aliphatic heterocycles. The standard InChI is InChI=1S/C12H14N2O2/c1-10-3-2-4-11(9-10)14(8-6-13)7-5-12(15)16/h2-4,9H,5,7-8H2,1H3,(H,15,16). The minimum absolute atomic E-state index is 0.0373. The summed E-state index contributed by atoms with van der Waals surface area (Å²) in [5.41, 5.74) is 1.98. The highest BCUT2D eigenvalue weighted by atomic mass is 16.4. The van der Waals surface area contributed by atoms with Gasteiger partial charge in [0, 0.05) is 12.2 Å². The Labute approximate surface area is 94.7 Å². The van der Waals surface area contributed by atoms with Crippen LogP contribution in [-0.4, -0.2) is 24.2 Å². The summed E-state index contributed by atoms with van der Waals surface area (Å²) in [6.07, 6.45) is 0.0373. The van der Waals surface area contributed by atoms with Crippen LogP contribution in [0.25, 0.3) is 0 Å². The Kier molecular flexibility index (Phi) is 4.34. The molecule has 0 saturated carbocycles. The van der Waals surface area contributed by atoms with Crippen LogP contribution in [0.1, 0.15) is 12.0 Å². The summed E-state index contributed by atoms with van der Waals surface area (Å²) in [5.74, 6) is -0.851. The molecule has 4 heteroatoms. The molecule has 4 nitrogen and oxygen atoms in total. The Bertz CT molecular complexity index is 410. The number of carboxylic acid groups (broad SMARTS) is 1. The number of nitrogens with zero attached hydrogens (tertiary/aromatic N) is 2. The lowest BCUT2D eigenvalue weighted by atomic mass is 10.2. The third-order valence-electron chi connectivity index (χ3n) is 2.22. The number of carboxylic acids is 1. The van der Waals surface area contributed by atoms with Gasteiger partial charge in [-0.15, -0.1) is 0 Å². The molecule has 0 atom stereocenters. The predicted octanol–water partition coefficient (Wildman–Crippen LogP) is 1.80. The Morgan fingerprint density at radius 3 is 2.88 bits per heavy atom. The lowest BCUT2D eigenvalue weighted by Crippen LogP contribution is -2.26. The van der Waals surface area contributed by atoms with Crippen molar-refractivity contribution in [2.75, 3.05) is 18.0 Å². The maximum absolute atomic E-state index is 10.5. The molecule has 0 amide bonds. The molecule has 0 radical (unpaired) electrons. The molecule has 1 rings (SSSR count). The topological polar surface area (TPSA) is 64.3 Å². The summed E-state index contributed by atoms with van der Waals surface area (Å²) in [7, 11) is 0. The lowest BCUT2D eigenvalue weighted by molar-refractivity contribution is -0.136. The van der Waals surface area contributed by atoms with Gasteiger partial charge in [-0.1, -0.05) is 12.1 Å². The zero-order chi connectivity index (χ0) is 12.0. The van der Waals surface area contributed by atoms with Crippen molar-refractivity contribution in [3.05, 3.63) is 29.8 Å². The van der Waals surface area contributed by atoms with Crippen molar-refractivity contribution in [1.29, 1.82) is 5.26 Å². The molecule has 1 aromatic carbocycles. The van der Waals surface area contributed by atoms with Crippen LogP contribution in [0.5, 0.6) is 0 Å². The Morgan fingerprint density at radius 2 is 2.31 bits per heavy atom. The van der Waals surface area contributed by atoms with E-state index < -0.39 is 5.97 Å². The van der Waals surface area contributed by atoms with E-state index in [2.05, 4.69) is 0 Å². The first-order valence-electron chi connectivity index (χ1n) is 5.04. The molecule has 0 aliphatic rings. The second kappa shape index (κ2) is 5.76. The molecule has 0 unspecified atom stereocenters. The molecule has 0 aromatic heterocycles. The van der Waals surface area contributed by atoms with Crippen molar-refractivity contribution >= 4 is 11.7 Å². The van der Waals surface area contributed by atoms with Crippen LogP contribution < -0.4 is 4.90 Å². The highest BCUT2D eigenvalue weighted by molar-refractivity contribution is 5.67. The van der Waals surface area contributed by atoms with Gasteiger partial charge in [0.05, 0.1) is 12.5 Å². The minimum atomic E-state index is -0.851. The van der Waals surface area contributed by atoms with Crippen LogP contribution in [0.15, 0.2) is 24.3 Å². The van der Waals surface area contributed by atoms with Crippen LogP contribution in [0.4, 0.5) is 5.69 Å². The Balaban J connectivity index is 2.77. The Morgan fingerprint density at radius 1 is 1.56 bits per heavy atom. The smallest absolute Gasteiger partial charge is 0.305 e. The lowest BCUT2D eigenvalue weighted by Gasteiger charge is -2.21. The highest BCUT2D eigenvalue weighted by Gasteiger charge is 2.08. The number of aliphatic carboxylic acids is 1. The minimum Gasteiger partial charge on any atom is -0.481 e. The molecule has 16 heavy (non-hydrogen) atoms. The highest BCUT2D eigenvalue weighted by Crippen LogP contribution is 2.15. The first-order valence-corrected chi connectivity index (χ1v) is 5.04. The molecular formula is C12H14N2O2. The van der Waals surface area contributed by atoms with Gasteiger partial charge in [-0.2, -0.15) is 5.26 Å². The van der Waals surface area contributed by atoms with Crippen molar-refractivity contribution in [3.63, 3.8) is 0 Å². The third-order valence-corrected chi connectivity index (χ3v) is 2.22. The number of benzene rings is 1. The largest absolute Gasteiger partial charge is 0.481 e. The van der Waals surface area contributed by atoms with E-state index in [9.17, 15) is 4.79 Å². The SMILES string of the molecule is Cc1cccc(N(CC#N)CCC(=O)O)c1. The van der Waals surface area contributed by atoms with Crippen molar-refractivity contribution in [2.24, 2.45) is 0 Å². The molecule has 1 N–H and O–H groups in total.